The number of nitrogens with zero attached hydrogens (tertiary/aromatic N) is 1. The minimum atomic E-state index is -0.0205. The quantitative estimate of drug-likeness (QED) is 0.898. The number of hydrogen-bond donors (Lipinski definition) is 1. The maximum absolute atomic E-state index is 5.51. The van der Waals surface area contributed by atoms with Crippen LogP contribution in [0.1, 0.15) is 12.8 Å². The number of methoxy groups -OCH3 is 1. The summed E-state index contributed by atoms with van der Waals surface area (Å²) >= 11 is 0. The summed E-state index contributed by atoms with van der Waals surface area (Å²) in [6.07, 6.45) is 2.27. The molecular formula is C16H24N2O3. The molecule has 3 rings (SSSR count). The molecule has 0 atom stereocenters. The van der Waals surface area contributed by atoms with E-state index >= 15 is 0 Å². The molecule has 2 aliphatic heterocycles. The van der Waals surface area contributed by atoms with E-state index in [4.69, 9.17) is 14.2 Å². The van der Waals surface area contributed by atoms with Crippen molar-refractivity contribution in [1.29, 1.82) is 0 Å². The molecule has 2 fully saturated rings. The Bertz CT molecular complexity index is 441. The molecule has 0 radical (unpaired) electrons. The average molecular weight is 292 g/mol. The summed E-state index contributed by atoms with van der Waals surface area (Å²) in [6.45, 7) is 4.54. The van der Waals surface area contributed by atoms with Crippen molar-refractivity contribution in [2.45, 2.75) is 25.2 Å². The van der Waals surface area contributed by atoms with Crippen molar-refractivity contribution in [3.05, 3.63) is 24.3 Å². The fourth-order valence-corrected chi connectivity index (χ4v) is 2.93. The van der Waals surface area contributed by atoms with Crippen molar-refractivity contribution in [2.24, 2.45) is 0 Å². The lowest BCUT2D eigenvalue weighted by Gasteiger charge is -2.33. The Morgan fingerprint density at radius 3 is 2.71 bits per heavy atom. The van der Waals surface area contributed by atoms with Gasteiger partial charge in [0.1, 0.15) is 5.75 Å². The average Bonchev–Trinajstić information content (AvgIpc) is 3.02. The maximum atomic E-state index is 5.51. The lowest BCUT2D eigenvalue weighted by Crippen LogP contribution is -2.42. The van der Waals surface area contributed by atoms with Crippen molar-refractivity contribution in [1.82, 2.24) is 4.90 Å². The topological polar surface area (TPSA) is 43.0 Å². The normalized spacial score (nSPS) is 21.6. The van der Waals surface area contributed by atoms with Crippen LogP contribution in [0, 0.1) is 0 Å². The first-order valence-electron chi connectivity index (χ1n) is 7.69. The van der Waals surface area contributed by atoms with Gasteiger partial charge in [-0.1, -0.05) is 6.07 Å². The van der Waals surface area contributed by atoms with Crippen LogP contribution < -0.4 is 10.1 Å². The molecule has 5 heteroatoms. The Morgan fingerprint density at radius 2 is 2.00 bits per heavy atom. The van der Waals surface area contributed by atoms with E-state index in [-0.39, 0.29) is 6.29 Å². The zero-order chi connectivity index (χ0) is 14.5. The van der Waals surface area contributed by atoms with E-state index in [0.29, 0.717) is 6.04 Å². The van der Waals surface area contributed by atoms with Crippen LogP contribution >= 0.6 is 0 Å². The number of likely N-dealkylation sites (tertiary alicyclic amines) is 1. The predicted molar refractivity (Wildman–Crippen MR) is 81.8 cm³/mol. The van der Waals surface area contributed by atoms with Crippen molar-refractivity contribution in [3.63, 3.8) is 0 Å². The highest BCUT2D eigenvalue weighted by molar-refractivity contribution is 5.48. The monoisotopic (exact) mass is 292 g/mol. The smallest absolute Gasteiger partial charge is 0.170 e. The third-order valence-corrected chi connectivity index (χ3v) is 4.13. The highest BCUT2D eigenvalue weighted by Crippen LogP contribution is 2.21. The van der Waals surface area contributed by atoms with Gasteiger partial charge in [0.15, 0.2) is 6.29 Å². The van der Waals surface area contributed by atoms with E-state index < -0.39 is 0 Å². The Labute approximate surface area is 126 Å². The summed E-state index contributed by atoms with van der Waals surface area (Å²) in [5.41, 5.74) is 1.13. The summed E-state index contributed by atoms with van der Waals surface area (Å²) in [5.74, 6) is 0.896. The number of hydrogen-bond acceptors (Lipinski definition) is 5. The fraction of sp³-hybridized carbons (Fsp3) is 0.625. The number of anilines is 1. The van der Waals surface area contributed by atoms with Gasteiger partial charge in [0.2, 0.25) is 0 Å². The molecule has 0 aliphatic carbocycles. The van der Waals surface area contributed by atoms with Crippen molar-refractivity contribution in [3.8, 4) is 5.75 Å². The largest absolute Gasteiger partial charge is 0.497 e. The minimum absolute atomic E-state index is 0.0205. The third-order valence-electron chi connectivity index (χ3n) is 4.13. The molecule has 1 aromatic carbocycles. The molecule has 0 unspecified atom stereocenters. The van der Waals surface area contributed by atoms with Crippen LogP contribution in [0.5, 0.6) is 5.75 Å². The molecule has 0 saturated carbocycles. The first kappa shape index (κ1) is 14.6. The molecule has 5 nitrogen and oxygen atoms in total. The SMILES string of the molecule is COc1cccc(NC2CCN(CC3OCCO3)CC2)c1. The summed E-state index contributed by atoms with van der Waals surface area (Å²) in [6, 6.07) is 8.65. The Kier molecular flexibility index (Phi) is 4.95. The number of piperidine rings is 1. The van der Waals surface area contributed by atoms with Crippen LogP contribution in [0.2, 0.25) is 0 Å². The molecule has 0 amide bonds. The van der Waals surface area contributed by atoms with E-state index in [2.05, 4.69) is 16.3 Å². The molecular weight excluding hydrogens is 268 g/mol. The van der Waals surface area contributed by atoms with Crippen LogP contribution in [0.15, 0.2) is 24.3 Å². The molecule has 2 heterocycles. The zero-order valence-electron chi connectivity index (χ0n) is 12.6. The van der Waals surface area contributed by atoms with E-state index in [9.17, 15) is 0 Å². The van der Waals surface area contributed by atoms with Gasteiger partial charge in [-0.05, 0) is 25.0 Å². The number of benzene rings is 1. The van der Waals surface area contributed by atoms with Gasteiger partial charge in [0.25, 0.3) is 0 Å². The first-order valence-corrected chi connectivity index (χ1v) is 7.69. The van der Waals surface area contributed by atoms with Gasteiger partial charge >= 0.3 is 0 Å². The molecule has 2 saturated heterocycles. The molecule has 2 aliphatic rings. The van der Waals surface area contributed by atoms with Gasteiger partial charge in [-0.3, -0.25) is 4.90 Å². The standard InChI is InChI=1S/C16H24N2O3/c1-19-15-4-2-3-14(11-15)17-13-5-7-18(8-6-13)12-16-20-9-10-21-16/h2-4,11,13,16-17H,5-10,12H2,1H3. The molecule has 0 bridgehead atoms. The van der Waals surface area contributed by atoms with Crippen molar-refractivity contribution in [2.75, 3.05) is 45.3 Å². The summed E-state index contributed by atoms with van der Waals surface area (Å²) in [5, 5.41) is 3.60. The van der Waals surface area contributed by atoms with Crippen molar-refractivity contribution >= 4 is 5.69 Å². The number of nitrogens with one attached hydrogen (secondary N) is 1. The second-order valence-electron chi connectivity index (χ2n) is 5.62. The Hall–Kier alpha value is -1.30. The second-order valence-corrected chi connectivity index (χ2v) is 5.62. The van der Waals surface area contributed by atoms with E-state index in [1.807, 2.05) is 18.2 Å². The van der Waals surface area contributed by atoms with Gasteiger partial charge < -0.3 is 19.5 Å². The van der Waals surface area contributed by atoms with Crippen molar-refractivity contribution < 1.29 is 14.2 Å². The molecule has 116 valence electrons. The van der Waals surface area contributed by atoms with Gasteiger partial charge in [0.05, 0.1) is 20.3 Å². The predicted octanol–water partition coefficient (Wildman–Crippen LogP) is 1.94. The van der Waals surface area contributed by atoms with Crippen LogP contribution in [0.3, 0.4) is 0 Å². The van der Waals surface area contributed by atoms with Crippen LogP contribution in [-0.4, -0.2) is 57.2 Å². The lowest BCUT2D eigenvalue weighted by molar-refractivity contribution is -0.0645. The van der Waals surface area contributed by atoms with E-state index in [1.165, 1.54) is 0 Å². The van der Waals surface area contributed by atoms with Gasteiger partial charge in [-0.2, -0.15) is 0 Å². The molecule has 0 aromatic heterocycles. The highest BCUT2D eigenvalue weighted by atomic mass is 16.7. The fourth-order valence-electron chi connectivity index (χ4n) is 2.93. The minimum Gasteiger partial charge on any atom is -0.497 e. The van der Waals surface area contributed by atoms with Gasteiger partial charge in [-0.15, -0.1) is 0 Å². The molecule has 1 N–H and O–H groups in total. The molecule has 21 heavy (non-hydrogen) atoms. The maximum Gasteiger partial charge on any atom is 0.170 e. The van der Waals surface area contributed by atoms with E-state index in [0.717, 1.165) is 57.1 Å². The van der Waals surface area contributed by atoms with Gasteiger partial charge in [-0.25, -0.2) is 0 Å². The lowest BCUT2D eigenvalue weighted by atomic mass is 10.0. The van der Waals surface area contributed by atoms with E-state index in [1.54, 1.807) is 7.11 Å². The van der Waals surface area contributed by atoms with Crippen LogP contribution in [-0.2, 0) is 9.47 Å². The molecule has 1 aromatic rings. The first-order chi connectivity index (χ1) is 10.3. The summed E-state index contributed by atoms with van der Waals surface area (Å²) in [4.78, 5) is 2.43. The van der Waals surface area contributed by atoms with Gasteiger partial charge in [0, 0.05) is 37.4 Å². The Balaban J connectivity index is 1.44. The van der Waals surface area contributed by atoms with Crippen LogP contribution in [0.4, 0.5) is 5.69 Å². The third kappa shape index (κ3) is 4.09. The Morgan fingerprint density at radius 1 is 1.24 bits per heavy atom. The summed E-state index contributed by atoms with van der Waals surface area (Å²) in [7, 11) is 1.70. The zero-order valence-corrected chi connectivity index (χ0v) is 12.6. The number of ether oxygens (including phenoxy) is 3. The second kappa shape index (κ2) is 7.11. The summed E-state index contributed by atoms with van der Waals surface area (Å²) < 4.78 is 16.3. The highest BCUT2D eigenvalue weighted by Gasteiger charge is 2.24. The van der Waals surface area contributed by atoms with Crippen LogP contribution in [0.25, 0.3) is 0 Å². The number of rotatable bonds is 5. The molecule has 0 spiro atoms.